The summed E-state index contributed by atoms with van der Waals surface area (Å²) in [6.45, 7) is 0. The number of carbonyl (C=O) groups excluding carboxylic acids is 2. The zero-order valence-corrected chi connectivity index (χ0v) is 9.21. The minimum absolute atomic E-state index is 0.436. The van der Waals surface area contributed by atoms with Gasteiger partial charge in [-0.3, -0.25) is 0 Å². The summed E-state index contributed by atoms with van der Waals surface area (Å²) >= 11 is 6.43. The summed E-state index contributed by atoms with van der Waals surface area (Å²) in [6.07, 6.45) is 6.55. The number of hydrogen-bond donors (Lipinski definition) is 0. The Morgan fingerprint density at radius 2 is 2.17 bits per heavy atom. The third-order valence-electron chi connectivity index (χ3n) is 1.67. The van der Waals surface area contributed by atoms with Crippen molar-refractivity contribution in [2.45, 2.75) is 4.32 Å². The van der Waals surface area contributed by atoms with Crippen LogP contribution in [0.25, 0.3) is 0 Å². The van der Waals surface area contributed by atoms with Crippen LogP contribution >= 0.6 is 31.9 Å². The highest BCUT2D eigenvalue weighted by Crippen LogP contribution is 2.33. The molecule has 0 bridgehead atoms. The molecule has 0 aromatic carbocycles. The highest BCUT2D eigenvalue weighted by Gasteiger charge is 2.34. The van der Waals surface area contributed by atoms with E-state index < -0.39 is 10.2 Å². The first-order valence-corrected chi connectivity index (χ1v) is 4.88. The van der Waals surface area contributed by atoms with Gasteiger partial charge in [0, 0.05) is 4.48 Å². The van der Waals surface area contributed by atoms with Crippen molar-refractivity contribution in [2.75, 3.05) is 0 Å². The molecule has 1 rings (SSSR count). The van der Waals surface area contributed by atoms with Crippen LogP contribution in [-0.4, -0.2) is 16.9 Å². The molecule has 0 amide bonds. The van der Waals surface area contributed by atoms with Gasteiger partial charge in [-0.2, -0.15) is 0 Å². The summed E-state index contributed by atoms with van der Waals surface area (Å²) in [6, 6.07) is 0. The van der Waals surface area contributed by atoms with E-state index in [4.69, 9.17) is 0 Å². The van der Waals surface area contributed by atoms with Gasteiger partial charge in [0.2, 0.25) is 0 Å². The lowest BCUT2D eigenvalue weighted by Gasteiger charge is -2.24. The first-order chi connectivity index (χ1) is 5.62. The Hall–Kier alpha value is -0.220. The van der Waals surface area contributed by atoms with Crippen LogP contribution < -0.4 is 0 Å². The molecule has 0 N–H and O–H groups in total. The second-order valence-corrected chi connectivity index (χ2v) is 4.78. The Kier molecular flexibility index (Phi) is 3.01. The van der Waals surface area contributed by atoms with Crippen LogP contribution in [0, 0.1) is 5.92 Å². The van der Waals surface area contributed by atoms with E-state index in [-0.39, 0.29) is 0 Å². The minimum Gasteiger partial charge on any atom is -0.303 e. The van der Waals surface area contributed by atoms with Gasteiger partial charge in [0.25, 0.3) is 0 Å². The Labute approximate surface area is 87.0 Å². The second kappa shape index (κ2) is 3.66. The van der Waals surface area contributed by atoms with Gasteiger partial charge < -0.3 is 9.59 Å². The van der Waals surface area contributed by atoms with Crippen LogP contribution in [0.5, 0.6) is 0 Å². The van der Waals surface area contributed by atoms with Gasteiger partial charge in [0.15, 0.2) is 0 Å². The molecule has 12 heavy (non-hydrogen) atoms. The number of alkyl halides is 1. The van der Waals surface area contributed by atoms with E-state index >= 15 is 0 Å². The number of aldehydes is 2. The van der Waals surface area contributed by atoms with E-state index in [0.717, 1.165) is 17.1 Å². The lowest BCUT2D eigenvalue weighted by Crippen LogP contribution is -2.32. The smallest absolute Gasteiger partial charge is 0.141 e. The Morgan fingerprint density at radius 3 is 2.67 bits per heavy atom. The van der Waals surface area contributed by atoms with Crippen molar-refractivity contribution in [3.63, 3.8) is 0 Å². The van der Waals surface area contributed by atoms with Gasteiger partial charge in [-0.25, -0.2) is 0 Å². The van der Waals surface area contributed by atoms with Crippen molar-refractivity contribution in [1.29, 1.82) is 0 Å². The summed E-state index contributed by atoms with van der Waals surface area (Å²) in [5.74, 6) is -0.436. The molecule has 2 nitrogen and oxygen atoms in total. The fourth-order valence-electron chi connectivity index (χ4n) is 0.935. The molecule has 0 fully saturated rings. The zero-order chi connectivity index (χ0) is 9.19. The average Bonchev–Trinajstić information content (AvgIpc) is 2.09. The van der Waals surface area contributed by atoms with E-state index in [0.29, 0.717) is 0 Å². The Balaban J connectivity index is 3.01. The third-order valence-corrected chi connectivity index (χ3v) is 3.18. The fraction of sp³-hybridized carbons (Fsp3) is 0.250. The average molecular weight is 294 g/mol. The van der Waals surface area contributed by atoms with Crippen LogP contribution in [0.4, 0.5) is 0 Å². The van der Waals surface area contributed by atoms with Crippen LogP contribution in [0.15, 0.2) is 22.7 Å². The summed E-state index contributed by atoms with van der Waals surface area (Å²) < 4.78 is -0.0389. The molecule has 0 radical (unpaired) electrons. The first kappa shape index (κ1) is 9.86. The maximum Gasteiger partial charge on any atom is 0.141 e. The molecule has 0 saturated heterocycles. The van der Waals surface area contributed by atoms with Crippen molar-refractivity contribution in [2.24, 2.45) is 5.92 Å². The van der Waals surface area contributed by atoms with Gasteiger partial charge >= 0.3 is 0 Å². The van der Waals surface area contributed by atoms with Crippen LogP contribution in [0.3, 0.4) is 0 Å². The summed E-state index contributed by atoms with van der Waals surface area (Å²) in [5, 5.41) is 0. The van der Waals surface area contributed by atoms with Gasteiger partial charge in [-0.15, -0.1) is 0 Å². The van der Waals surface area contributed by atoms with E-state index in [2.05, 4.69) is 31.9 Å². The lowest BCUT2D eigenvalue weighted by molar-refractivity contribution is -0.115. The van der Waals surface area contributed by atoms with Crippen LogP contribution in [-0.2, 0) is 9.59 Å². The molecule has 1 aliphatic rings. The second-order valence-electron chi connectivity index (χ2n) is 2.49. The molecular weight excluding hydrogens is 288 g/mol. The van der Waals surface area contributed by atoms with Crippen molar-refractivity contribution in [3.8, 4) is 0 Å². The largest absolute Gasteiger partial charge is 0.303 e. The monoisotopic (exact) mass is 292 g/mol. The maximum absolute atomic E-state index is 10.7. The third kappa shape index (κ3) is 1.75. The molecule has 0 aromatic heterocycles. The predicted molar refractivity (Wildman–Crippen MR) is 53.4 cm³/mol. The molecule has 0 spiro atoms. The topological polar surface area (TPSA) is 34.1 Å². The number of carbonyl (C=O) groups is 2. The van der Waals surface area contributed by atoms with Gasteiger partial charge in [0.05, 0.1) is 5.92 Å². The van der Waals surface area contributed by atoms with E-state index in [1.165, 1.54) is 0 Å². The molecule has 2 atom stereocenters. The predicted octanol–water partition coefficient (Wildman–Crippen LogP) is 1.98. The highest BCUT2D eigenvalue weighted by atomic mass is 79.9. The Morgan fingerprint density at radius 1 is 1.50 bits per heavy atom. The number of allylic oxidation sites excluding steroid dienone is 4. The molecule has 0 aromatic rings. The molecule has 4 heteroatoms. The quantitative estimate of drug-likeness (QED) is 0.576. The molecule has 0 aliphatic heterocycles. The van der Waals surface area contributed by atoms with Crippen molar-refractivity contribution in [3.05, 3.63) is 22.7 Å². The van der Waals surface area contributed by atoms with E-state index in [9.17, 15) is 9.59 Å². The van der Waals surface area contributed by atoms with E-state index in [1.54, 1.807) is 18.2 Å². The molecule has 64 valence electrons. The maximum atomic E-state index is 10.7. The number of hydrogen-bond acceptors (Lipinski definition) is 2. The minimum atomic E-state index is -0.855. The molecule has 1 aliphatic carbocycles. The molecule has 2 unspecified atom stereocenters. The van der Waals surface area contributed by atoms with Crippen molar-refractivity contribution >= 4 is 44.4 Å². The standard InChI is InChI=1S/C8H6Br2O2/c9-7-1-2-8(10,5-12)6(3-7)4-11/h1-6H. The zero-order valence-electron chi connectivity index (χ0n) is 6.04. The van der Waals surface area contributed by atoms with Crippen molar-refractivity contribution < 1.29 is 9.59 Å². The lowest BCUT2D eigenvalue weighted by atomic mass is 9.91. The number of halogens is 2. The fourth-order valence-corrected chi connectivity index (χ4v) is 1.72. The SMILES string of the molecule is O=CC1C=C(Br)C=CC1(Br)C=O. The van der Waals surface area contributed by atoms with Gasteiger partial charge in [-0.05, 0) is 0 Å². The molecule has 0 saturated carbocycles. The van der Waals surface area contributed by atoms with Crippen molar-refractivity contribution in [1.82, 2.24) is 0 Å². The normalized spacial score (nSPS) is 34.2. The summed E-state index contributed by atoms with van der Waals surface area (Å²) in [7, 11) is 0. The number of rotatable bonds is 2. The molecule has 0 heterocycles. The Bertz CT molecular complexity index is 270. The highest BCUT2D eigenvalue weighted by molar-refractivity contribution is 9.12. The summed E-state index contributed by atoms with van der Waals surface area (Å²) in [5.41, 5.74) is 0. The van der Waals surface area contributed by atoms with Gasteiger partial charge in [0.1, 0.15) is 16.9 Å². The summed E-state index contributed by atoms with van der Waals surface area (Å²) in [4.78, 5) is 21.2. The van der Waals surface area contributed by atoms with Crippen LogP contribution in [0.2, 0.25) is 0 Å². The van der Waals surface area contributed by atoms with Gasteiger partial charge in [-0.1, -0.05) is 50.1 Å². The van der Waals surface area contributed by atoms with E-state index in [1.807, 2.05) is 0 Å². The molecular formula is C8H6Br2O2. The van der Waals surface area contributed by atoms with Crippen LogP contribution in [0.1, 0.15) is 0 Å². The first-order valence-electron chi connectivity index (χ1n) is 3.29.